The molecule has 112 valence electrons. The van der Waals surface area contributed by atoms with Crippen LogP contribution in [0.1, 0.15) is 16.1 Å². The molecule has 0 aliphatic carbocycles. The zero-order chi connectivity index (χ0) is 15.5. The van der Waals surface area contributed by atoms with Gasteiger partial charge in [-0.05, 0) is 40.3 Å². The van der Waals surface area contributed by atoms with Crippen LogP contribution in [0.15, 0.2) is 36.8 Å². The molecule has 0 radical (unpaired) electrons. The Morgan fingerprint density at radius 2 is 2.14 bits per heavy atom. The van der Waals surface area contributed by atoms with E-state index in [1.165, 1.54) is 0 Å². The number of aromatic nitrogens is 5. The minimum absolute atomic E-state index is 0.240. The molecule has 0 unspecified atom stereocenters. The number of H-pyrrole nitrogens is 1. The van der Waals surface area contributed by atoms with Crippen LogP contribution in [0.5, 0.6) is 0 Å². The van der Waals surface area contributed by atoms with Gasteiger partial charge in [0.25, 0.3) is 5.91 Å². The molecular formula is C13H10ClIN6O. The maximum absolute atomic E-state index is 12.0. The highest BCUT2D eigenvalue weighted by Crippen LogP contribution is 2.12. The molecule has 0 saturated heterocycles. The minimum Gasteiger partial charge on any atom is -0.288 e. The Hall–Kier alpha value is -1.94. The van der Waals surface area contributed by atoms with Gasteiger partial charge in [0.2, 0.25) is 5.95 Å². The first-order chi connectivity index (χ1) is 10.6. The summed E-state index contributed by atoms with van der Waals surface area (Å²) in [4.78, 5) is 16.1. The molecule has 7 nitrogen and oxygen atoms in total. The number of amides is 1. The fourth-order valence-corrected chi connectivity index (χ4v) is 2.43. The number of hydrogen-bond donors (Lipinski definition) is 2. The maximum atomic E-state index is 12.0. The Bertz CT molecular complexity index is 797. The van der Waals surface area contributed by atoms with E-state index in [-0.39, 0.29) is 11.9 Å². The summed E-state index contributed by atoms with van der Waals surface area (Å²) >= 11 is 7.87. The van der Waals surface area contributed by atoms with Gasteiger partial charge in [0.05, 0.1) is 16.3 Å². The van der Waals surface area contributed by atoms with E-state index in [4.69, 9.17) is 11.6 Å². The second-order valence-electron chi connectivity index (χ2n) is 4.44. The zero-order valence-corrected chi connectivity index (χ0v) is 14.0. The van der Waals surface area contributed by atoms with Crippen LogP contribution >= 0.6 is 34.2 Å². The van der Waals surface area contributed by atoms with E-state index in [1.54, 1.807) is 17.2 Å². The summed E-state index contributed by atoms with van der Waals surface area (Å²) < 4.78 is 2.37. The first-order valence-electron chi connectivity index (χ1n) is 6.26. The molecule has 9 heteroatoms. The summed E-state index contributed by atoms with van der Waals surface area (Å²) in [7, 11) is 0. The number of aromatic amines is 1. The monoisotopic (exact) mass is 428 g/mol. The predicted octanol–water partition coefficient (Wildman–Crippen LogP) is 2.56. The summed E-state index contributed by atoms with van der Waals surface area (Å²) in [5.41, 5.74) is 1.42. The van der Waals surface area contributed by atoms with Crippen LogP contribution in [0.25, 0.3) is 0 Å². The molecule has 0 atom stereocenters. The van der Waals surface area contributed by atoms with Crippen molar-refractivity contribution in [2.75, 3.05) is 5.32 Å². The normalized spacial score (nSPS) is 10.6. The average Bonchev–Trinajstić information content (AvgIpc) is 3.10. The number of halogens is 2. The molecule has 2 N–H and O–H groups in total. The number of nitrogens with one attached hydrogen (secondary N) is 2. The topological polar surface area (TPSA) is 88.5 Å². The summed E-state index contributed by atoms with van der Waals surface area (Å²) in [6.45, 7) is 0.543. The molecule has 2 heterocycles. The quantitative estimate of drug-likeness (QED) is 0.625. The third kappa shape index (κ3) is 3.45. The highest BCUT2D eigenvalue weighted by atomic mass is 127. The van der Waals surface area contributed by atoms with Crippen LogP contribution in [0, 0.1) is 3.57 Å². The molecule has 0 bridgehead atoms. The largest absolute Gasteiger partial charge is 0.288 e. The molecule has 0 aliphatic rings. The molecule has 1 aromatic carbocycles. The maximum Gasteiger partial charge on any atom is 0.277 e. The zero-order valence-electron chi connectivity index (χ0n) is 11.1. The number of carbonyl (C=O) groups excluding carboxylic acids is 1. The van der Waals surface area contributed by atoms with Crippen LogP contribution in [-0.2, 0) is 6.54 Å². The van der Waals surface area contributed by atoms with Crippen molar-refractivity contribution >= 4 is 46.0 Å². The SMILES string of the molecule is O=C(Nc1ncn(Cc2ccc(Cl)cc2)n1)c1[nH]ncc1I. The van der Waals surface area contributed by atoms with Crippen LogP contribution < -0.4 is 5.32 Å². The van der Waals surface area contributed by atoms with Crippen molar-refractivity contribution in [3.63, 3.8) is 0 Å². The number of anilines is 1. The molecule has 2 aromatic heterocycles. The summed E-state index contributed by atoms with van der Waals surface area (Å²) in [6.07, 6.45) is 3.13. The van der Waals surface area contributed by atoms with Crippen LogP contribution in [-0.4, -0.2) is 30.9 Å². The van der Waals surface area contributed by atoms with Gasteiger partial charge in [-0.2, -0.15) is 5.10 Å². The standard InChI is InChI=1S/C13H10ClIN6O/c14-9-3-1-8(2-4-9)6-21-7-16-13(20-21)18-12(22)11-10(15)5-17-19-11/h1-5,7H,6H2,(H,17,19)(H,18,20,22). The lowest BCUT2D eigenvalue weighted by Gasteiger charge is -2.01. The number of rotatable bonds is 4. The van der Waals surface area contributed by atoms with E-state index in [2.05, 4.69) is 25.6 Å². The van der Waals surface area contributed by atoms with Crippen molar-refractivity contribution in [1.82, 2.24) is 25.0 Å². The number of benzene rings is 1. The molecule has 3 aromatic rings. The van der Waals surface area contributed by atoms with Crippen LogP contribution in [0.4, 0.5) is 5.95 Å². The molecule has 0 saturated carbocycles. The van der Waals surface area contributed by atoms with E-state index in [0.29, 0.717) is 17.3 Å². The number of hydrogen-bond acceptors (Lipinski definition) is 4. The Morgan fingerprint density at radius 3 is 2.82 bits per heavy atom. The van der Waals surface area contributed by atoms with Gasteiger partial charge >= 0.3 is 0 Å². The first-order valence-corrected chi connectivity index (χ1v) is 7.71. The van der Waals surface area contributed by atoms with Gasteiger partial charge < -0.3 is 0 Å². The van der Waals surface area contributed by atoms with Crippen molar-refractivity contribution in [2.45, 2.75) is 6.54 Å². The van der Waals surface area contributed by atoms with Gasteiger partial charge in [-0.3, -0.25) is 15.2 Å². The van der Waals surface area contributed by atoms with Crippen molar-refractivity contribution < 1.29 is 4.79 Å². The van der Waals surface area contributed by atoms with Crippen LogP contribution in [0.3, 0.4) is 0 Å². The van der Waals surface area contributed by atoms with E-state index in [9.17, 15) is 4.79 Å². The third-order valence-corrected chi connectivity index (χ3v) is 3.91. The number of nitrogens with zero attached hydrogens (tertiary/aromatic N) is 4. The van der Waals surface area contributed by atoms with Gasteiger partial charge in [0.1, 0.15) is 12.0 Å². The molecule has 0 fully saturated rings. The highest BCUT2D eigenvalue weighted by Gasteiger charge is 2.14. The lowest BCUT2D eigenvalue weighted by molar-refractivity contribution is 0.102. The van der Waals surface area contributed by atoms with Crippen molar-refractivity contribution in [1.29, 1.82) is 0 Å². The molecule has 22 heavy (non-hydrogen) atoms. The van der Waals surface area contributed by atoms with Gasteiger partial charge in [0.15, 0.2) is 0 Å². The summed E-state index contributed by atoms with van der Waals surface area (Å²) in [5.74, 6) is -0.0875. The predicted molar refractivity (Wildman–Crippen MR) is 89.8 cm³/mol. The summed E-state index contributed by atoms with van der Waals surface area (Å²) in [5, 5.41) is 14.0. The second-order valence-corrected chi connectivity index (χ2v) is 6.04. The molecular weight excluding hydrogens is 419 g/mol. The lowest BCUT2D eigenvalue weighted by Crippen LogP contribution is -2.15. The van der Waals surface area contributed by atoms with E-state index < -0.39 is 0 Å². The molecule has 3 rings (SSSR count). The molecule has 1 amide bonds. The van der Waals surface area contributed by atoms with E-state index >= 15 is 0 Å². The number of carbonyl (C=O) groups is 1. The van der Waals surface area contributed by atoms with E-state index in [0.717, 1.165) is 9.13 Å². The van der Waals surface area contributed by atoms with Gasteiger partial charge in [0, 0.05) is 5.02 Å². The molecule has 0 aliphatic heterocycles. The fraction of sp³-hybridized carbons (Fsp3) is 0.0769. The minimum atomic E-state index is -0.328. The third-order valence-electron chi connectivity index (χ3n) is 2.84. The van der Waals surface area contributed by atoms with Gasteiger partial charge in [-0.15, -0.1) is 5.10 Å². The van der Waals surface area contributed by atoms with E-state index in [1.807, 2.05) is 46.9 Å². The lowest BCUT2D eigenvalue weighted by atomic mass is 10.2. The second kappa shape index (κ2) is 6.44. The Kier molecular flexibility index (Phi) is 4.39. The van der Waals surface area contributed by atoms with Crippen molar-refractivity contribution in [2.24, 2.45) is 0 Å². The van der Waals surface area contributed by atoms with Gasteiger partial charge in [-0.1, -0.05) is 23.7 Å². The van der Waals surface area contributed by atoms with Gasteiger partial charge in [-0.25, -0.2) is 9.67 Å². The smallest absolute Gasteiger partial charge is 0.277 e. The van der Waals surface area contributed by atoms with Crippen LogP contribution in [0.2, 0.25) is 5.02 Å². The average molecular weight is 429 g/mol. The Morgan fingerprint density at radius 1 is 1.36 bits per heavy atom. The highest BCUT2D eigenvalue weighted by molar-refractivity contribution is 14.1. The Balaban J connectivity index is 1.67. The Labute approximate surface area is 144 Å². The van der Waals surface area contributed by atoms with Crippen molar-refractivity contribution in [3.8, 4) is 0 Å². The summed E-state index contributed by atoms with van der Waals surface area (Å²) in [6, 6.07) is 7.46. The molecule has 0 spiro atoms. The first kappa shape index (κ1) is 15.0. The van der Waals surface area contributed by atoms with Crippen molar-refractivity contribution in [3.05, 3.63) is 56.6 Å². The fourth-order valence-electron chi connectivity index (χ4n) is 1.80.